The van der Waals surface area contributed by atoms with Gasteiger partial charge in [0.25, 0.3) is 5.91 Å². The Morgan fingerprint density at radius 2 is 1.55 bits per heavy atom. The first-order chi connectivity index (χ1) is 19.7. The van der Waals surface area contributed by atoms with Crippen LogP contribution in [-0.4, -0.2) is 48.4 Å². The number of nitrogens with one attached hydrogen (secondary N) is 2. The Labute approximate surface area is 244 Å². The van der Waals surface area contributed by atoms with Crippen LogP contribution in [0.25, 0.3) is 0 Å². The van der Waals surface area contributed by atoms with Crippen molar-refractivity contribution in [1.29, 1.82) is 0 Å². The molecule has 3 amide bonds. The maximum absolute atomic E-state index is 13.5. The van der Waals surface area contributed by atoms with Gasteiger partial charge in [0.1, 0.15) is 5.75 Å². The average Bonchev–Trinajstić information content (AvgIpc) is 2.92. The fraction of sp³-hybridized carbons (Fsp3) is 0.516. The van der Waals surface area contributed by atoms with Crippen LogP contribution >= 0.6 is 0 Å². The summed E-state index contributed by atoms with van der Waals surface area (Å²) < 4.78 is 46.3. The Bertz CT molecular complexity index is 1190. The molecule has 1 fully saturated rings. The van der Waals surface area contributed by atoms with Crippen LogP contribution in [0.5, 0.6) is 5.75 Å². The zero-order chi connectivity index (χ0) is 30.9. The molecule has 1 saturated carbocycles. The minimum absolute atomic E-state index is 0.0257. The zero-order valence-electron chi connectivity index (χ0n) is 24.6. The first-order valence-electron chi connectivity index (χ1n) is 14.2. The Morgan fingerprint density at radius 3 is 2.10 bits per heavy atom. The molecule has 42 heavy (non-hydrogen) atoms. The first-order valence-corrected chi connectivity index (χ1v) is 14.2. The van der Waals surface area contributed by atoms with Gasteiger partial charge >= 0.3 is 18.4 Å². The second-order valence-electron chi connectivity index (χ2n) is 11.5. The van der Waals surface area contributed by atoms with E-state index in [2.05, 4.69) is 36.1 Å². The normalized spacial score (nSPS) is 17.2. The number of amides is 3. The van der Waals surface area contributed by atoms with Gasteiger partial charge in [-0.15, -0.1) is 13.2 Å². The van der Waals surface area contributed by atoms with Crippen molar-refractivity contribution in [2.75, 3.05) is 18.5 Å². The first kappa shape index (κ1) is 32.8. The maximum Gasteiger partial charge on any atom is 0.573 e. The summed E-state index contributed by atoms with van der Waals surface area (Å²) in [7, 11) is 0. The van der Waals surface area contributed by atoms with Crippen LogP contribution < -0.4 is 15.4 Å². The molecule has 0 saturated heterocycles. The second kappa shape index (κ2) is 14.4. The summed E-state index contributed by atoms with van der Waals surface area (Å²) in [6.45, 7) is 9.12. The van der Waals surface area contributed by atoms with Crippen molar-refractivity contribution in [3.05, 3.63) is 59.7 Å². The summed E-state index contributed by atoms with van der Waals surface area (Å²) in [4.78, 5) is 39.2. The van der Waals surface area contributed by atoms with E-state index in [0.717, 1.165) is 43.4 Å². The molecular formula is C31H40F3N3O5. The van der Waals surface area contributed by atoms with E-state index >= 15 is 0 Å². The summed E-state index contributed by atoms with van der Waals surface area (Å²) in [5.41, 5.74) is 1.76. The molecule has 2 aromatic carbocycles. The molecule has 2 aromatic rings. The van der Waals surface area contributed by atoms with E-state index in [1.54, 1.807) is 36.1 Å². The molecule has 0 bridgehead atoms. The van der Waals surface area contributed by atoms with Crippen LogP contribution in [0.3, 0.4) is 0 Å². The number of anilines is 1. The molecule has 0 heterocycles. The molecule has 0 aliphatic heterocycles. The van der Waals surface area contributed by atoms with Gasteiger partial charge in [0.15, 0.2) is 0 Å². The number of carbonyl (C=O) groups excluding carboxylic acids is 3. The number of hydrogen-bond donors (Lipinski definition) is 2. The number of halogens is 3. The molecule has 0 radical (unpaired) electrons. The average molecular weight is 592 g/mol. The fourth-order valence-electron chi connectivity index (χ4n) is 5.13. The molecule has 0 unspecified atom stereocenters. The van der Waals surface area contributed by atoms with Crippen molar-refractivity contribution in [1.82, 2.24) is 10.2 Å². The Morgan fingerprint density at radius 1 is 0.929 bits per heavy atom. The van der Waals surface area contributed by atoms with E-state index in [-0.39, 0.29) is 61.2 Å². The molecular weight excluding hydrogens is 551 g/mol. The van der Waals surface area contributed by atoms with Crippen LogP contribution in [0.4, 0.5) is 23.7 Å². The molecule has 230 valence electrons. The Kier molecular flexibility index (Phi) is 11.2. The summed E-state index contributed by atoms with van der Waals surface area (Å²) in [5.74, 6) is -0.531. The van der Waals surface area contributed by atoms with E-state index in [9.17, 15) is 27.6 Å². The lowest BCUT2D eigenvalue weighted by molar-refractivity contribution is -0.274. The minimum Gasteiger partial charge on any atom is -0.466 e. The highest BCUT2D eigenvalue weighted by Gasteiger charge is 2.34. The monoisotopic (exact) mass is 591 g/mol. The van der Waals surface area contributed by atoms with Crippen molar-refractivity contribution in [3.63, 3.8) is 0 Å². The van der Waals surface area contributed by atoms with E-state index in [4.69, 9.17) is 4.74 Å². The molecule has 1 aliphatic rings. The van der Waals surface area contributed by atoms with Crippen LogP contribution in [-0.2, 0) is 16.1 Å². The van der Waals surface area contributed by atoms with E-state index in [1.165, 1.54) is 12.1 Å². The molecule has 3 rings (SSSR count). The van der Waals surface area contributed by atoms with Crippen LogP contribution in [0.1, 0.15) is 75.7 Å². The van der Waals surface area contributed by atoms with Crippen molar-refractivity contribution < 1.29 is 37.0 Å². The highest BCUT2D eigenvalue weighted by atomic mass is 19.4. The number of nitrogens with zero attached hydrogens (tertiary/aromatic N) is 1. The largest absolute Gasteiger partial charge is 0.573 e. The van der Waals surface area contributed by atoms with Crippen molar-refractivity contribution in [2.24, 2.45) is 11.3 Å². The standard InChI is InChI=1S/C31H40F3N3O5/c1-5-41-27(38)18-19-35-28(39)22-8-6-21(7-9-22)20-37(25-14-10-23(11-15-25)30(2,3)4)29(40)36-24-12-16-26(17-13-24)42-31(32,33)34/h6-9,12-13,16-17,23,25H,5,10-11,14-15,18-20H2,1-4H3,(H,35,39)(H,36,40)/t23-,25-. The predicted octanol–water partition coefficient (Wildman–Crippen LogP) is 6.91. The van der Waals surface area contributed by atoms with Crippen LogP contribution in [0.15, 0.2) is 48.5 Å². The van der Waals surface area contributed by atoms with Crippen molar-refractivity contribution >= 4 is 23.6 Å². The molecule has 0 atom stereocenters. The van der Waals surface area contributed by atoms with Gasteiger partial charge in [-0.1, -0.05) is 32.9 Å². The SMILES string of the molecule is CCOC(=O)CCNC(=O)c1ccc(CN(C(=O)Nc2ccc(OC(F)(F)F)cc2)[C@H]2CC[C@H](C(C)(C)C)CC2)cc1. The highest BCUT2D eigenvalue weighted by molar-refractivity contribution is 5.94. The van der Waals surface area contributed by atoms with Gasteiger partial charge in [-0.2, -0.15) is 0 Å². The second-order valence-corrected chi connectivity index (χ2v) is 11.5. The lowest BCUT2D eigenvalue weighted by Crippen LogP contribution is -2.45. The van der Waals surface area contributed by atoms with Gasteiger partial charge in [-0.3, -0.25) is 9.59 Å². The Hall–Kier alpha value is -3.76. The van der Waals surface area contributed by atoms with Gasteiger partial charge in [0.05, 0.1) is 13.0 Å². The maximum atomic E-state index is 13.5. The minimum atomic E-state index is -4.80. The third-order valence-electron chi connectivity index (χ3n) is 7.45. The summed E-state index contributed by atoms with van der Waals surface area (Å²) in [6.07, 6.45) is -1.11. The smallest absolute Gasteiger partial charge is 0.466 e. The lowest BCUT2D eigenvalue weighted by atomic mass is 9.71. The highest BCUT2D eigenvalue weighted by Crippen LogP contribution is 2.39. The molecule has 8 nitrogen and oxygen atoms in total. The predicted molar refractivity (Wildman–Crippen MR) is 153 cm³/mol. The van der Waals surface area contributed by atoms with Crippen LogP contribution in [0.2, 0.25) is 0 Å². The molecule has 0 spiro atoms. The van der Waals surface area contributed by atoms with Crippen LogP contribution in [0, 0.1) is 11.3 Å². The number of carbonyl (C=O) groups is 3. The summed E-state index contributed by atoms with van der Waals surface area (Å²) in [6, 6.07) is 11.5. The zero-order valence-corrected chi connectivity index (χ0v) is 24.6. The number of benzene rings is 2. The molecule has 2 N–H and O–H groups in total. The number of hydrogen-bond acceptors (Lipinski definition) is 5. The van der Waals surface area contributed by atoms with Crippen molar-refractivity contribution in [3.8, 4) is 5.75 Å². The van der Waals surface area contributed by atoms with Gasteiger partial charge in [0, 0.05) is 30.4 Å². The topological polar surface area (TPSA) is 97.0 Å². The molecule has 0 aromatic heterocycles. The summed E-state index contributed by atoms with van der Waals surface area (Å²) in [5, 5.41) is 5.50. The quantitative estimate of drug-likeness (QED) is 0.293. The van der Waals surface area contributed by atoms with Gasteiger partial charge in [-0.05, 0) is 85.9 Å². The van der Waals surface area contributed by atoms with E-state index in [0.29, 0.717) is 17.2 Å². The number of ether oxygens (including phenoxy) is 2. The molecule has 11 heteroatoms. The van der Waals surface area contributed by atoms with Crippen molar-refractivity contribution in [2.45, 2.75) is 78.7 Å². The Balaban J connectivity index is 1.69. The van der Waals surface area contributed by atoms with E-state index < -0.39 is 6.36 Å². The molecule has 1 aliphatic carbocycles. The van der Waals surface area contributed by atoms with Gasteiger partial charge < -0.3 is 25.0 Å². The van der Waals surface area contributed by atoms with E-state index in [1.807, 2.05) is 0 Å². The number of urea groups is 1. The third kappa shape index (κ3) is 10.3. The summed E-state index contributed by atoms with van der Waals surface area (Å²) >= 11 is 0. The van der Waals surface area contributed by atoms with Gasteiger partial charge in [0.2, 0.25) is 0 Å². The number of esters is 1. The third-order valence-corrected chi connectivity index (χ3v) is 7.45. The lowest BCUT2D eigenvalue weighted by Gasteiger charge is -2.41. The number of rotatable bonds is 10. The fourth-order valence-corrected chi connectivity index (χ4v) is 5.13. The van der Waals surface area contributed by atoms with Gasteiger partial charge in [-0.25, -0.2) is 4.79 Å². The number of alkyl halides is 3.